The minimum Gasteiger partial charge on any atom is -0.487 e. The highest BCUT2D eigenvalue weighted by Crippen LogP contribution is 2.15. The molecule has 1 atom stereocenters. The van der Waals surface area contributed by atoms with E-state index in [-0.39, 0.29) is 0 Å². The van der Waals surface area contributed by atoms with Crippen LogP contribution in [0.3, 0.4) is 0 Å². The van der Waals surface area contributed by atoms with Gasteiger partial charge in [0, 0.05) is 12.7 Å². The Labute approximate surface area is 84.5 Å². The molecule has 2 heterocycles. The SMILES string of the molecule is Cc1cncc(OC2CCCNC2)c1. The van der Waals surface area contributed by atoms with Crippen LogP contribution in [0.1, 0.15) is 18.4 Å². The number of piperidine rings is 1. The fourth-order valence-electron chi connectivity index (χ4n) is 1.70. The van der Waals surface area contributed by atoms with Crippen LogP contribution in [0.4, 0.5) is 0 Å². The van der Waals surface area contributed by atoms with E-state index in [9.17, 15) is 0 Å². The largest absolute Gasteiger partial charge is 0.487 e. The summed E-state index contributed by atoms with van der Waals surface area (Å²) >= 11 is 0. The quantitative estimate of drug-likeness (QED) is 0.771. The number of nitrogens with one attached hydrogen (secondary N) is 1. The maximum Gasteiger partial charge on any atom is 0.138 e. The third kappa shape index (κ3) is 2.45. The number of pyridine rings is 1. The first-order valence-electron chi connectivity index (χ1n) is 5.13. The van der Waals surface area contributed by atoms with Crippen LogP contribution in [0.25, 0.3) is 0 Å². The van der Waals surface area contributed by atoms with Gasteiger partial charge >= 0.3 is 0 Å². The Morgan fingerprint density at radius 1 is 1.50 bits per heavy atom. The third-order valence-electron chi connectivity index (χ3n) is 2.40. The lowest BCUT2D eigenvalue weighted by molar-refractivity contribution is 0.166. The Hall–Kier alpha value is -1.09. The van der Waals surface area contributed by atoms with Gasteiger partial charge < -0.3 is 10.1 Å². The van der Waals surface area contributed by atoms with Gasteiger partial charge in [0.15, 0.2) is 0 Å². The zero-order valence-electron chi connectivity index (χ0n) is 8.49. The molecule has 0 spiro atoms. The molecule has 1 aliphatic rings. The van der Waals surface area contributed by atoms with Crippen molar-refractivity contribution in [1.82, 2.24) is 10.3 Å². The molecule has 0 bridgehead atoms. The third-order valence-corrected chi connectivity index (χ3v) is 2.40. The highest BCUT2D eigenvalue weighted by atomic mass is 16.5. The van der Waals surface area contributed by atoms with Crippen molar-refractivity contribution in [3.8, 4) is 5.75 Å². The molecule has 1 saturated heterocycles. The van der Waals surface area contributed by atoms with E-state index < -0.39 is 0 Å². The lowest BCUT2D eigenvalue weighted by Gasteiger charge is -2.23. The molecule has 3 nitrogen and oxygen atoms in total. The molecule has 0 aliphatic carbocycles. The summed E-state index contributed by atoms with van der Waals surface area (Å²) in [7, 11) is 0. The highest BCUT2D eigenvalue weighted by molar-refractivity contribution is 5.22. The monoisotopic (exact) mass is 192 g/mol. The zero-order valence-corrected chi connectivity index (χ0v) is 8.49. The summed E-state index contributed by atoms with van der Waals surface area (Å²) in [5, 5.41) is 3.32. The van der Waals surface area contributed by atoms with Crippen LogP contribution in [0.15, 0.2) is 18.5 Å². The van der Waals surface area contributed by atoms with Gasteiger partial charge in [0.05, 0.1) is 6.20 Å². The first-order valence-corrected chi connectivity index (χ1v) is 5.13. The number of hydrogen-bond acceptors (Lipinski definition) is 3. The van der Waals surface area contributed by atoms with E-state index in [1.165, 1.54) is 6.42 Å². The van der Waals surface area contributed by atoms with Crippen molar-refractivity contribution >= 4 is 0 Å². The first kappa shape index (κ1) is 9.46. The molecule has 76 valence electrons. The van der Waals surface area contributed by atoms with Crippen molar-refractivity contribution in [1.29, 1.82) is 0 Å². The van der Waals surface area contributed by atoms with Gasteiger partial charge in [-0.3, -0.25) is 4.98 Å². The summed E-state index contributed by atoms with van der Waals surface area (Å²) in [4.78, 5) is 4.10. The Balaban J connectivity index is 1.95. The maximum atomic E-state index is 5.81. The number of aromatic nitrogens is 1. The van der Waals surface area contributed by atoms with E-state index in [2.05, 4.69) is 10.3 Å². The predicted molar refractivity (Wildman–Crippen MR) is 55.5 cm³/mol. The Morgan fingerprint density at radius 3 is 3.14 bits per heavy atom. The smallest absolute Gasteiger partial charge is 0.138 e. The molecule has 1 aromatic rings. The molecular weight excluding hydrogens is 176 g/mol. The molecule has 0 aromatic carbocycles. The highest BCUT2D eigenvalue weighted by Gasteiger charge is 2.14. The topological polar surface area (TPSA) is 34.1 Å². The molecule has 1 fully saturated rings. The van der Waals surface area contributed by atoms with E-state index in [0.29, 0.717) is 6.10 Å². The fraction of sp³-hybridized carbons (Fsp3) is 0.545. The van der Waals surface area contributed by atoms with E-state index >= 15 is 0 Å². The van der Waals surface area contributed by atoms with Gasteiger partial charge in [0.2, 0.25) is 0 Å². The van der Waals surface area contributed by atoms with Crippen LogP contribution in [0, 0.1) is 6.92 Å². The molecular formula is C11H16N2O. The van der Waals surface area contributed by atoms with Crippen LogP contribution in [-0.2, 0) is 0 Å². The van der Waals surface area contributed by atoms with E-state index in [1.807, 2.05) is 19.2 Å². The summed E-state index contributed by atoms with van der Waals surface area (Å²) in [6.45, 7) is 4.10. The average molecular weight is 192 g/mol. The second kappa shape index (κ2) is 4.42. The molecule has 0 amide bonds. The lowest BCUT2D eigenvalue weighted by Crippen LogP contribution is -2.37. The van der Waals surface area contributed by atoms with Gasteiger partial charge in [-0.05, 0) is 37.9 Å². The fourth-order valence-corrected chi connectivity index (χ4v) is 1.70. The zero-order chi connectivity index (χ0) is 9.80. The number of rotatable bonds is 2. The second-order valence-corrected chi connectivity index (χ2v) is 3.78. The van der Waals surface area contributed by atoms with Crippen molar-refractivity contribution < 1.29 is 4.74 Å². The molecule has 2 rings (SSSR count). The molecule has 1 aromatic heterocycles. The van der Waals surface area contributed by atoms with Crippen molar-refractivity contribution in [3.63, 3.8) is 0 Å². The summed E-state index contributed by atoms with van der Waals surface area (Å²) in [5.41, 5.74) is 1.14. The van der Waals surface area contributed by atoms with Crippen LogP contribution in [0.2, 0.25) is 0 Å². The Morgan fingerprint density at radius 2 is 2.43 bits per heavy atom. The molecule has 1 N–H and O–H groups in total. The first-order chi connectivity index (χ1) is 6.84. The second-order valence-electron chi connectivity index (χ2n) is 3.78. The standard InChI is InChI=1S/C11H16N2O/c1-9-5-11(8-13-6-9)14-10-3-2-4-12-7-10/h5-6,8,10,12H,2-4,7H2,1H3. The van der Waals surface area contributed by atoms with Crippen LogP contribution >= 0.6 is 0 Å². The number of hydrogen-bond donors (Lipinski definition) is 1. The van der Waals surface area contributed by atoms with Gasteiger partial charge in [-0.15, -0.1) is 0 Å². The van der Waals surface area contributed by atoms with E-state index in [0.717, 1.165) is 30.8 Å². The minimum atomic E-state index is 0.312. The summed E-state index contributed by atoms with van der Waals surface area (Å²) in [6, 6.07) is 2.03. The predicted octanol–water partition coefficient (Wildman–Crippen LogP) is 1.52. The van der Waals surface area contributed by atoms with Gasteiger partial charge in [0.1, 0.15) is 11.9 Å². The summed E-state index contributed by atoms with van der Waals surface area (Å²) in [6.07, 6.45) is 6.27. The molecule has 0 radical (unpaired) electrons. The minimum absolute atomic E-state index is 0.312. The molecule has 14 heavy (non-hydrogen) atoms. The van der Waals surface area contributed by atoms with Gasteiger partial charge in [-0.1, -0.05) is 0 Å². The molecule has 1 unspecified atom stereocenters. The number of aryl methyl sites for hydroxylation is 1. The van der Waals surface area contributed by atoms with Crippen LogP contribution in [-0.4, -0.2) is 24.2 Å². The number of ether oxygens (including phenoxy) is 1. The van der Waals surface area contributed by atoms with Crippen molar-refractivity contribution in [2.75, 3.05) is 13.1 Å². The van der Waals surface area contributed by atoms with Crippen LogP contribution < -0.4 is 10.1 Å². The van der Waals surface area contributed by atoms with Crippen LogP contribution in [0.5, 0.6) is 5.75 Å². The van der Waals surface area contributed by atoms with E-state index in [1.54, 1.807) is 6.20 Å². The summed E-state index contributed by atoms with van der Waals surface area (Å²) in [5.74, 6) is 0.888. The van der Waals surface area contributed by atoms with Crippen molar-refractivity contribution in [3.05, 3.63) is 24.0 Å². The van der Waals surface area contributed by atoms with Gasteiger partial charge in [-0.25, -0.2) is 0 Å². The maximum absolute atomic E-state index is 5.81. The normalized spacial score (nSPS) is 21.9. The summed E-state index contributed by atoms with van der Waals surface area (Å²) < 4.78 is 5.81. The Bertz CT molecular complexity index is 295. The number of nitrogens with zero attached hydrogens (tertiary/aromatic N) is 1. The van der Waals surface area contributed by atoms with Crippen molar-refractivity contribution in [2.45, 2.75) is 25.9 Å². The average Bonchev–Trinajstić information content (AvgIpc) is 2.19. The molecule has 0 saturated carbocycles. The molecule has 1 aliphatic heterocycles. The van der Waals surface area contributed by atoms with Crippen molar-refractivity contribution in [2.24, 2.45) is 0 Å². The van der Waals surface area contributed by atoms with E-state index in [4.69, 9.17) is 4.74 Å². The Kier molecular flexibility index (Phi) is 2.99. The lowest BCUT2D eigenvalue weighted by atomic mass is 10.1. The van der Waals surface area contributed by atoms with Gasteiger partial charge in [-0.2, -0.15) is 0 Å². The molecule has 3 heteroatoms. The van der Waals surface area contributed by atoms with Gasteiger partial charge in [0.25, 0.3) is 0 Å².